The number of anilines is 2. The molecule has 3 aromatic carbocycles. The topological polar surface area (TPSA) is 40.6 Å². The minimum Gasteiger partial charge on any atom is -0.378 e. The Hall–Kier alpha value is -3.40. The van der Waals surface area contributed by atoms with Gasteiger partial charge >= 0.3 is 0 Å². The largest absolute Gasteiger partial charge is 0.378 e. The van der Waals surface area contributed by atoms with E-state index in [1.54, 1.807) is 0 Å². The Balaban J connectivity index is 1.71. The van der Waals surface area contributed by atoms with Gasteiger partial charge in [-0.05, 0) is 46.5 Å². The van der Waals surface area contributed by atoms with Crippen molar-refractivity contribution < 1.29 is 9.59 Å². The number of hydrogen-bond donors (Lipinski definition) is 0. The van der Waals surface area contributed by atoms with Crippen molar-refractivity contribution in [2.45, 2.75) is 11.8 Å². The standard InChI is InChI=1S/C24H20N2O2/c1-25(2)15-11-13-16(14-12-15)26-23(27)21-17-7-3-4-8-18(17)22(24(26)28)20-10-6-5-9-19(20)21/h3-14,21-22H,1-2H3. The van der Waals surface area contributed by atoms with Gasteiger partial charge < -0.3 is 4.90 Å². The summed E-state index contributed by atoms with van der Waals surface area (Å²) in [5.74, 6) is -1.27. The van der Waals surface area contributed by atoms with E-state index in [0.717, 1.165) is 27.9 Å². The minimum absolute atomic E-state index is 0.178. The highest BCUT2D eigenvalue weighted by molar-refractivity contribution is 6.23. The number of fused-ring (bicyclic) bond motifs is 2. The molecule has 2 amide bonds. The normalized spacial score (nSPS) is 19.9. The molecule has 0 radical (unpaired) electrons. The van der Waals surface area contributed by atoms with Gasteiger partial charge in [-0.3, -0.25) is 9.59 Å². The van der Waals surface area contributed by atoms with Crippen LogP contribution in [0, 0.1) is 0 Å². The van der Waals surface area contributed by atoms with Crippen molar-refractivity contribution in [1.82, 2.24) is 0 Å². The summed E-state index contributed by atoms with van der Waals surface area (Å²) in [7, 11) is 3.93. The van der Waals surface area contributed by atoms with Gasteiger partial charge in [-0.2, -0.15) is 0 Å². The minimum atomic E-state index is -0.455. The van der Waals surface area contributed by atoms with Crippen molar-refractivity contribution in [2.24, 2.45) is 0 Å². The van der Waals surface area contributed by atoms with Gasteiger partial charge in [0.15, 0.2) is 0 Å². The van der Waals surface area contributed by atoms with Crippen LogP contribution < -0.4 is 9.80 Å². The second-order valence-electron chi connectivity index (χ2n) is 7.55. The number of benzene rings is 3. The number of nitrogens with zero attached hydrogens (tertiary/aromatic N) is 2. The molecule has 3 aliphatic rings. The zero-order chi connectivity index (χ0) is 19.4. The second-order valence-corrected chi connectivity index (χ2v) is 7.55. The van der Waals surface area contributed by atoms with E-state index in [1.165, 1.54) is 4.90 Å². The highest BCUT2D eigenvalue weighted by Gasteiger charge is 2.48. The fourth-order valence-electron chi connectivity index (χ4n) is 4.46. The summed E-state index contributed by atoms with van der Waals surface area (Å²) >= 11 is 0. The van der Waals surface area contributed by atoms with Gasteiger partial charge in [0.05, 0.1) is 17.5 Å². The van der Waals surface area contributed by atoms with Crippen LogP contribution in [0.5, 0.6) is 0 Å². The monoisotopic (exact) mass is 368 g/mol. The smallest absolute Gasteiger partial charge is 0.245 e. The lowest BCUT2D eigenvalue weighted by atomic mass is 9.73. The summed E-state index contributed by atoms with van der Waals surface area (Å²) < 4.78 is 0. The molecular weight excluding hydrogens is 348 g/mol. The van der Waals surface area contributed by atoms with Crippen LogP contribution in [0.15, 0.2) is 72.8 Å². The Kier molecular flexibility index (Phi) is 3.63. The molecule has 138 valence electrons. The SMILES string of the molecule is CN(C)c1ccc(N2C(=O)C3c4ccccc4C(C2=O)c2ccccc23)cc1. The van der Waals surface area contributed by atoms with Gasteiger partial charge in [0.1, 0.15) is 0 Å². The van der Waals surface area contributed by atoms with Crippen molar-refractivity contribution in [1.29, 1.82) is 0 Å². The average Bonchev–Trinajstić information content (AvgIpc) is 2.87. The Bertz CT molecular complexity index is 992. The Morgan fingerprint density at radius 2 is 1.04 bits per heavy atom. The van der Waals surface area contributed by atoms with Crippen LogP contribution >= 0.6 is 0 Å². The first kappa shape index (κ1) is 16.8. The van der Waals surface area contributed by atoms with Crippen molar-refractivity contribution in [3.63, 3.8) is 0 Å². The first-order valence-corrected chi connectivity index (χ1v) is 9.41. The van der Waals surface area contributed by atoms with Crippen LogP contribution in [0.2, 0.25) is 0 Å². The molecule has 28 heavy (non-hydrogen) atoms. The van der Waals surface area contributed by atoms with E-state index in [0.29, 0.717) is 5.69 Å². The van der Waals surface area contributed by atoms with Crippen LogP contribution in [0.1, 0.15) is 34.1 Å². The highest BCUT2D eigenvalue weighted by atomic mass is 16.2. The summed E-state index contributed by atoms with van der Waals surface area (Å²) in [6.07, 6.45) is 0. The van der Waals surface area contributed by atoms with E-state index in [2.05, 4.69) is 0 Å². The molecule has 0 N–H and O–H groups in total. The Labute approximate surface area is 164 Å². The summed E-state index contributed by atoms with van der Waals surface area (Å²) in [5, 5.41) is 0. The lowest BCUT2D eigenvalue weighted by Gasteiger charge is -2.27. The van der Waals surface area contributed by atoms with Crippen LogP contribution in [0.3, 0.4) is 0 Å². The van der Waals surface area contributed by atoms with Gasteiger partial charge in [0.2, 0.25) is 11.8 Å². The summed E-state index contributed by atoms with van der Waals surface area (Å²) in [5.41, 5.74) is 5.41. The summed E-state index contributed by atoms with van der Waals surface area (Å²) in [4.78, 5) is 30.7. The van der Waals surface area contributed by atoms with Gasteiger partial charge in [-0.25, -0.2) is 4.90 Å². The molecule has 0 saturated heterocycles. The second kappa shape index (κ2) is 6.06. The van der Waals surface area contributed by atoms with Crippen molar-refractivity contribution in [2.75, 3.05) is 23.9 Å². The third-order valence-corrected chi connectivity index (χ3v) is 5.80. The molecule has 2 heterocycles. The zero-order valence-electron chi connectivity index (χ0n) is 15.8. The highest BCUT2D eigenvalue weighted by Crippen LogP contribution is 2.48. The van der Waals surface area contributed by atoms with Gasteiger partial charge in [-0.15, -0.1) is 0 Å². The lowest BCUT2D eigenvalue weighted by molar-refractivity contribution is -0.126. The molecule has 0 saturated carbocycles. The molecule has 2 bridgehead atoms. The number of carbonyl (C=O) groups is 2. The van der Waals surface area contributed by atoms with Crippen LogP contribution in [-0.2, 0) is 9.59 Å². The molecule has 4 nitrogen and oxygen atoms in total. The fourth-order valence-corrected chi connectivity index (χ4v) is 4.46. The quantitative estimate of drug-likeness (QED) is 0.644. The number of carbonyl (C=O) groups excluding carboxylic acids is 2. The molecule has 4 heteroatoms. The molecular formula is C24H20N2O2. The van der Waals surface area contributed by atoms with E-state index in [-0.39, 0.29) is 11.8 Å². The van der Waals surface area contributed by atoms with Crippen molar-refractivity contribution in [3.05, 3.63) is 95.1 Å². The predicted molar refractivity (Wildman–Crippen MR) is 110 cm³/mol. The Morgan fingerprint density at radius 3 is 1.39 bits per heavy atom. The van der Waals surface area contributed by atoms with Crippen LogP contribution in [-0.4, -0.2) is 25.9 Å². The maximum Gasteiger partial charge on any atom is 0.245 e. The zero-order valence-corrected chi connectivity index (χ0v) is 15.8. The fraction of sp³-hybridized carbons (Fsp3) is 0.167. The molecule has 3 aromatic rings. The van der Waals surface area contributed by atoms with E-state index >= 15 is 0 Å². The van der Waals surface area contributed by atoms with Gasteiger partial charge in [-0.1, -0.05) is 48.5 Å². The van der Waals surface area contributed by atoms with E-state index in [9.17, 15) is 9.59 Å². The molecule has 0 fully saturated rings. The molecule has 6 rings (SSSR count). The van der Waals surface area contributed by atoms with Gasteiger partial charge in [0, 0.05) is 19.8 Å². The molecule has 0 unspecified atom stereocenters. The molecule has 2 aliphatic heterocycles. The number of rotatable bonds is 2. The van der Waals surface area contributed by atoms with E-state index < -0.39 is 11.8 Å². The van der Waals surface area contributed by atoms with Crippen molar-refractivity contribution >= 4 is 23.2 Å². The number of hydrogen-bond acceptors (Lipinski definition) is 3. The van der Waals surface area contributed by atoms with Gasteiger partial charge in [0.25, 0.3) is 0 Å². The maximum absolute atomic E-state index is 13.7. The van der Waals surface area contributed by atoms with Crippen molar-refractivity contribution in [3.8, 4) is 0 Å². The first-order valence-electron chi connectivity index (χ1n) is 9.41. The van der Waals surface area contributed by atoms with Crippen LogP contribution in [0.4, 0.5) is 11.4 Å². The van der Waals surface area contributed by atoms with E-state index in [4.69, 9.17) is 0 Å². The molecule has 0 aromatic heterocycles. The average molecular weight is 368 g/mol. The molecule has 1 aliphatic carbocycles. The number of amides is 2. The summed E-state index contributed by atoms with van der Waals surface area (Å²) in [6, 6.07) is 23.2. The first-order chi connectivity index (χ1) is 13.6. The summed E-state index contributed by atoms with van der Waals surface area (Å²) in [6.45, 7) is 0. The predicted octanol–water partition coefficient (Wildman–Crippen LogP) is 3.90. The molecule has 0 atom stereocenters. The molecule has 0 spiro atoms. The van der Waals surface area contributed by atoms with E-state index in [1.807, 2.05) is 91.8 Å². The maximum atomic E-state index is 13.7. The lowest BCUT2D eigenvalue weighted by Crippen LogP contribution is -2.38. The van der Waals surface area contributed by atoms with Crippen LogP contribution in [0.25, 0.3) is 0 Å². The third-order valence-electron chi connectivity index (χ3n) is 5.80. The Morgan fingerprint density at radius 1 is 0.643 bits per heavy atom. The third kappa shape index (κ3) is 2.24. The number of imide groups is 1.